The molecule has 0 spiro atoms. The van der Waals surface area contributed by atoms with Gasteiger partial charge < -0.3 is 56.8 Å². The van der Waals surface area contributed by atoms with Crippen LogP contribution in [0.5, 0.6) is 0 Å². The van der Waals surface area contributed by atoms with E-state index in [1.807, 2.05) is 91.0 Å². The summed E-state index contributed by atoms with van der Waals surface area (Å²) in [5.41, 5.74) is 3.25. The molecule has 54 heavy (non-hydrogen) atoms. The van der Waals surface area contributed by atoms with Crippen LogP contribution >= 0.6 is 0 Å². The van der Waals surface area contributed by atoms with Gasteiger partial charge in [0.25, 0.3) is 0 Å². The smallest absolute Gasteiger partial charge is 0.115 e. The summed E-state index contributed by atoms with van der Waals surface area (Å²) >= 11 is 0. The van der Waals surface area contributed by atoms with Gasteiger partial charge in [0.15, 0.2) is 0 Å². The van der Waals surface area contributed by atoms with Crippen LogP contribution in [0.3, 0.4) is 0 Å². The normalized spacial score (nSPS) is 21.4. The second-order valence-electron chi connectivity index (χ2n) is 12.6. The first-order valence-corrected chi connectivity index (χ1v) is 18.8. The number of methoxy groups -OCH3 is 3. The van der Waals surface area contributed by atoms with Gasteiger partial charge >= 0.3 is 0 Å². The molecule has 4 rings (SSSR count). The van der Waals surface area contributed by atoms with Crippen molar-refractivity contribution in [2.75, 3.05) is 101 Å². The Balaban J connectivity index is 1.55. The largest absolute Gasteiger partial charge is 0.382 e. The highest BCUT2D eigenvalue weighted by molar-refractivity contribution is 5.15. The van der Waals surface area contributed by atoms with Crippen LogP contribution in [0.1, 0.15) is 16.7 Å². The van der Waals surface area contributed by atoms with Crippen molar-refractivity contribution in [2.24, 2.45) is 0 Å². The van der Waals surface area contributed by atoms with Gasteiger partial charge in [-0.1, -0.05) is 91.0 Å². The quantitative estimate of drug-likeness (QED) is 0.0864. The Bertz CT molecular complexity index is 1300. The van der Waals surface area contributed by atoms with Gasteiger partial charge in [0.2, 0.25) is 0 Å². The van der Waals surface area contributed by atoms with Crippen LogP contribution < -0.4 is 0 Å². The van der Waals surface area contributed by atoms with Gasteiger partial charge in [-0.05, 0) is 16.7 Å². The number of ether oxygens (including phenoxy) is 12. The monoisotopic (exact) mass is 756 g/mol. The Labute approximate surface area is 321 Å². The van der Waals surface area contributed by atoms with Gasteiger partial charge in [0.1, 0.15) is 36.6 Å². The lowest BCUT2D eigenvalue weighted by molar-refractivity contribution is -0.287. The molecule has 0 heterocycles. The highest BCUT2D eigenvalue weighted by Crippen LogP contribution is 2.34. The standard InChI is InChI=1S/C42H60O12/c1-43-19-25-49-37-38(50-26-20-44-2)41(53-29-23-47-32-35-15-9-5-10-16-35)42(54-30-24-48-33-36-17-11-6-12-18-36)39(51-27-21-45-3)40(37)52-28-22-46-31-34-13-7-4-8-14-34/h4-18,37-42H,19-33H2,1-3H3/t37-,38-,39-,40+,41+,42+/m0/s1. The lowest BCUT2D eigenvalue weighted by Crippen LogP contribution is -2.68. The second-order valence-corrected chi connectivity index (χ2v) is 12.6. The van der Waals surface area contributed by atoms with E-state index < -0.39 is 36.6 Å². The minimum absolute atomic E-state index is 0.277. The molecule has 12 heteroatoms. The zero-order valence-electron chi connectivity index (χ0n) is 32.1. The average Bonchev–Trinajstić information content (AvgIpc) is 3.21. The Hall–Kier alpha value is -2.82. The Kier molecular flexibility index (Phi) is 22.5. The van der Waals surface area contributed by atoms with E-state index in [9.17, 15) is 0 Å². The first-order chi connectivity index (χ1) is 26.7. The number of hydrogen-bond donors (Lipinski definition) is 0. The molecule has 0 aromatic heterocycles. The SMILES string of the molecule is COCCO[C@H]1[C@H](OCCOC)[C@@H](OCCOCc2ccccc2)[C@H](OCCOCc2ccccc2)[C@@H](OCCOC)[C@@H]1OCCOCc1ccccc1. The average molecular weight is 757 g/mol. The maximum atomic E-state index is 6.67. The van der Waals surface area contributed by atoms with Gasteiger partial charge in [-0.3, -0.25) is 0 Å². The molecule has 1 aliphatic rings. The molecule has 0 unspecified atom stereocenters. The fraction of sp³-hybridized carbons (Fsp3) is 0.571. The molecule has 0 amide bonds. The van der Waals surface area contributed by atoms with Crippen LogP contribution in [0.15, 0.2) is 91.0 Å². The van der Waals surface area contributed by atoms with E-state index in [-0.39, 0.29) is 19.8 Å². The minimum Gasteiger partial charge on any atom is -0.382 e. The van der Waals surface area contributed by atoms with Crippen molar-refractivity contribution >= 4 is 0 Å². The zero-order valence-corrected chi connectivity index (χ0v) is 32.1. The Morgan fingerprint density at radius 2 is 0.519 bits per heavy atom. The molecule has 3 aromatic rings. The van der Waals surface area contributed by atoms with Gasteiger partial charge in [-0.25, -0.2) is 0 Å². The molecule has 1 aliphatic carbocycles. The van der Waals surface area contributed by atoms with Crippen molar-refractivity contribution in [1.82, 2.24) is 0 Å². The molecular weight excluding hydrogens is 696 g/mol. The van der Waals surface area contributed by atoms with Crippen LogP contribution in [0.25, 0.3) is 0 Å². The number of benzene rings is 3. The topological polar surface area (TPSA) is 111 Å². The summed E-state index contributed by atoms with van der Waals surface area (Å²) in [6.07, 6.45) is -3.78. The van der Waals surface area contributed by atoms with Crippen LogP contribution in [0.2, 0.25) is 0 Å². The fourth-order valence-electron chi connectivity index (χ4n) is 6.08. The predicted octanol–water partition coefficient (Wildman–Crippen LogP) is 4.90. The third-order valence-electron chi connectivity index (χ3n) is 8.68. The van der Waals surface area contributed by atoms with E-state index in [0.29, 0.717) is 79.3 Å². The summed E-state index contributed by atoms with van der Waals surface area (Å²) in [6, 6.07) is 30.1. The molecule has 6 atom stereocenters. The summed E-state index contributed by atoms with van der Waals surface area (Å²) in [4.78, 5) is 0. The molecule has 0 radical (unpaired) electrons. The van der Waals surface area contributed by atoms with E-state index in [2.05, 4.69) is 0 Å². The third kappa shape index (κ3) is 16.1. The second kappa shape index (κ2) is 27.7. The van der Waals surface area contributed by atoms with Crippen molar-refractivity contribution < 1.29 is 56.8 Å². The summed E-state index contributed by atoms with van der Waals surface area (Å²) in [5, 5.41) is 0. The van der Waals surface area contributed by atoms with E-state index in [1.54, 1.807) is 21.3 Å². The summed E-state index contributed by atoms with van der Waals surface area (Å²) in [7, 11) is 4.91. The maximum absolute atomic E-state index is 6.67. The predicted molar refractivity (Wildman–Crippen MR) is 202 cm³/mol. The molecule has 3 aromatic carbocycles. The lowest BCUT2D eigenvalue weighted by atomic mass is 9.83. The van der Waals surface area contributed by atoms with E-state index in [1.165, 1.54) is 0 Å². The first-order valence-electron chi connectivity index (χ1n) is 18.8. The van der Waals surface area contributed by atoms with Gasteiger partial charge in [0.05, 0.1) is 99.1 Å². The first kappa shape index (κ1) is 43.9. The van der Waals surface area contributed by atoms with Crippen molar-refractivity contribution in [1.29, 1.82) is 0 Å². The molecule has 1 fully saturated rings. The van der Waals surface area contributed by atoms with Crippen molar-refractivity contribution in [3.05, 3.63) is 108 Å². The molecule has 300 valence electrons. The highest BCUT2D eigenvalue weighted by Gasteiger charge is 2.55. The van der Waals surface area contributed by atoms with Crippen molar-refractivity contribution in [3.63, 3.8) is 0 Å². The lowest BCUT2D eigenvalue weighted by Gasteiger charge is -2.49. The van der Waals surface area contributed by atoms with Crippen LogP contribution in [-0.2, 0) is 76.7 Å². The number of hydrogen-bond acceptors (Lipinski definition) is 12. The number of rotatable bonds is 30. The molecule has 1 saturated carbocycles. The zero-order chi connectivity index (χ0) is 37.9. The van der Waals surface area contributed by atoms with Gasteiger partial charge in [-0.15, -0.1) is 0 Å². The van der Waals surface area contributed by atoms with Crippen LogP contribution in [0.4, 0.5) is 0 Å². The minimum atomic E-state index is -0.638. The molecule has 0 saturated heterocycles. The van der Waals surface area contributed by atoms with Crippen molar-refractivity contribution in [2.45, 2.75) is 56.4 Å². The Morgan fingerprint density at radius 3 is 0.741 bits per heavy atom. The third-order valence-corrected chi connectivity index (χ3v) is 8.68. The summed E-state index contributed by atoms with van der Waals surface area (Å²) in [6.45, 7) is 5.31. The van der Waals surface area contributed by atoms with Crippen molar-refractivity contribution in [3.8, 4) is 0 Å². The van der Waals surface area contributed by atoms with Gasteiger partial charge in [0, 0.05) is 21.3 Å². The summed E-state index contributed by atoms with van der Waals surface area (Å²) < 4.78 is 73.7. The molecular formula is C42H60O12. The van der Waals surface area contributed by atoms with Crippen LogP contribution in [-0.4, -0.2) is 137 Å². The fourth-order valence-corrected chi connectivity index (χ4v) is 6.08. The molecule has 0 N–H and O–H groups in total. The maximum Gasteiger partial charge on any atom is 0.115 e. The van der Waals surface area contributed by atoms with E-state index in [4.69, 9.17) is 56.8 Å². The molecule has 0 aliphatic heterocycles. The highest BCUT2D eigenvalue weighted by atomic mass is 16.6. The molecule has 12 nitrogen and oxygen atoms in total. The van der Waals surface area contributed by atoms with Crippen LogP contribution in [0, 0.1) is 0 Å². The van der Waals surface area contributed by atoms with Gasteiger partial charge in [-0.2, -0.15) is 0 Å². The Morgan fingerprint density at radius 1 is 0.296 bits per heavy atom. The molecule has 0 bridgehead atoms. The van der Waals surface area contributed by atoms with E-state index in [0.717, 1.165) is 16.7 Å². The summed E-state index contributed by atoms with van der Waals surface area (Å²) in [5.74, 6) is 0. The van der Waals surface area contributed by atoms with E-state index >= 15 is 0 Å².